The van der Waals surface area contributed by atoms with Crippen molar-refractivity contribution in [2.24, 2.45) is 0 Å². The first-order valence-electron chi connectivity index (χ1n) is 29.7. The Morgan fingerprint density at radius 1 is 0.494 bits per heavy atom. The van der Waals surface area contributed by atoms with E-state index >= 15 is 0 Å². The monoisotopic (exact) mass is 1060 g/mol. The molecule has 0 saturated heterocycles. The molecular weight excluding hydrogens is 976 g/mol. The summed E-state index contributed by atoms with van der Waals surface area (Å²) in [5.74, 6) is 0.893. The Balaban J connectivity index is 1.17. The first kappa shape index (κ1) is 52.3. The van der Waals surface area contributed by atoms with Crippen LogP contribution < -0.4 is 30.2 Å². The second-order valence-electron chi connectivity index (χ2n) is 29.7. The molecule has 0 unspecified atom stereocenters. The molecule has 5 heteroatoms. The van der Waals surface area contributed by atoms with Crippen LogP contribution in [0.15, 0.2) is 127 Å². The SMILES string of the molecule is COc1ccccc1-c1ccccc1Cc1cc2c3c(c1)N(c1ccc(C(C)(C)C)cc1)c1c(sc4cc5c(cc14)C(C)(C)CCC5(C)C)B3c1cc3c(cc1N2c1ccc2c(c1)C(C)(C)CCC2(C)C)C(C)(C)CCC3(C)C. The van der Waals surface area contributed by atoms with E-state index in [2.05, 4.69) is 252 Å². The van der Waals surface area contributed by atoms with Gasteiger partial charge >= 0.3 is 0 Å². The van der Waals surface area contributed by atoms with Crippen molar-refractivity contribution in [3.63, 3.8) is 0 Å². The fraction of sp³-hybridized carbons (Fsp3) is 0.405. The standard InChI is InChI=1S/C74H83BN2OS/c1-68(2,3)47-25-27-48(28-26-47)77-62-39-45(37-46-21-17-18-22-50(46)51-23-19-20-24-63(51)78-16)38-61-65(62)75(67-66(77)52-41-55-58(44-64(52)79-67)74(14,15)36-33-71(55,8)9)59-42-56-57(73(12,13)35-34-72(56,10)11)43-60(59)76(61)49-29-30-53-54(40-49)70(6,7)32-31-69(53,4)5/h17-30,38-44H,31-37H2,1-16H3. The van der Waals surface area contributed by atoms with Crippen LogP contribution in [0.25, 0.3) is 21.2 Å². The molecule has 2 aliphatic heterocycles. The van der Waals surface area contributed by atoms with Gasteiger partial charge in [-0.15, -0.1) is 11.3 Å². The molecule has 79 heavy (non-hydrogen) atoms. The van der Waals surface area contributed by atoms with Crippen molar-refractivity contribution in [3.8, 4) is 16.9 Å². The van der Waals surface area contributed by atoms with E-state index in [4.69, 9.17) is 4.74 Å². The highest BCUT2D eigenvalue weighted by molar-refractivity contribution is 7.33. The van der Waals surface area contributed by atoms with Gasteiger partial charge in [0.15, 0.2) is 0 Å². The molecular formula is C74H83BN2OS. The van der Waals surface area contributed by atoms with E-state index in [1.807, 2.05) is 0 Å². The third-order valence-corrected chi connectivity index (χ3v) is 21.8. The van der Waals surface area contributed by atoms with Gasteiger partial charge in [0.2, 0.25) is 0 Å². The number of methoxy groups -OCH3 is 1. The first-order chi connectivity index (χ1) is 37.2. The quantitative estimate of drug-likeness (QED) is 0.154. The summed E-state index contributed by atoms with van der Waals surface area (Å²) >= 11 is 2.07. The minimum atomic E-state index is 0.0147. The minimum absolute atomic E-state index is 0.0147. The molecule has 3 aliphatic carbocycles. The van der Waals surface area contributed by atoms with Crippen LogP contribution in [0.3, 0.4) is 0 Å². The number of anilines is 6. The Morgan fingerprint density at radius 3 is 1.61 bits per heavy atom. The number of ether oxygens (including phenoxy) is 1. The number of thiophene rings is 1. The Hall–Kier alpha value is -6.04. The van der Waals surface area contributed by atoms with Gasteiger partial charge in [0.25, 0.3) is 6.71 Å². The summed E-state index contributed by atoms with van der Waals surface area (Å²) in [6, 6.07) is 50.8. The highest BCUT2D eigenvalue weighted by atomic mass is 32.1. The Kier molecular flexibility index (Phi) is 11.6. The second-order valence-corrected chi connectivity index (χ2v) is 30.8. The lowest BCUT2D eigenvalue weighted by atomic mass is 9.35. The van der Waals surface area contributed by atoms with Crippen LogP contribution in [0.5, 0.6) is 5.75 Å². The summed E-state index contributed by atoms with van der Waals surface area (Å²) in [5.41, 5.74) is 26.2. The molecule has 1 aromatic heterocycles. The molecule has 3 heterocycles. The van der Waals surface area contributed by atoms with E-state index in [0.29, 0.717) is 0 Å². The second kappa shape index (κ2) is 17.5. The average molecular weight is 1060 g/mol. The van der Waals surface area contributed by atoms with Crippen LogP contribution in [0.1, 0.15) is 192 Å². The number of hydrogen-bond acceptors (Lipinski definition) is 4. The lowest BCUT2D eigenvalue weighted by Gasteiger charge is -2.47. The van der Waals surface area contributed by atoms with Gasteiger partial charge in [-0.25, -0.2) is 0 Å². The van der Waals surface area contributed by atoms with Crippen molar-refractivity contribution in [1.82, 2.24) is 0 Å². The zero-order chi connectivity index (χ0) is 55.7. The van der Waals surface area contributed by atoms with E-state index in [0.717, 1.165) is 30.6 Å². The van der Waals surface area contributed by atoms with E-state index in [1.54, 1.807) is 7.11 Å². The van der Waals surface area contributed by atoms with E-state index < -0.39 is 0 Å². The maximum absolute atomic E-state index is 6.06. The van der Waals surface area contributed by atoms with Gasteiger partial charge in [0.1, 0.15) is 5.75 Å². The third kappa shape index (κ3) is 8.15. The van der Waals surface area contributed by atoms with E-state index in [-0.39, 0.29) is 44.6 Å². The average Bonchev–Trinajstić information content (AvgIpc) is 2.95. The fourth-order valence-electron chi connectivity index (χ4n) is 15.2. The molecule has 5 aliphatic rings. The van der Waals surface area contributed by atoms with Crippen molar-refractivity contribution in [3.05, 3.63) is 177 Å². The van der Waals surface area contributed by atoms with Gasteiger partial charge in [0.05, 0.1) is 12.8 Å². The molecule has 404 valence electrons. The van der Waals surface area contributed by atoms with Gasteiger partial charge in [-0.1, -0.05) is 171 Å². The first-order valence-corrected chi connectivity index (χ1v) is 30.6. The maximum Gasteiger partial charge on any atom is 0.264 e. The largest absolute Gasteiger partial charge is 0.496 e. The summed E-state index contributed by atoms with van der Waals surface area (Å²) in [6.45, 7) is 36.9. The van der Waals surface area contributed by atoms with Crippen molar-refractivity contribution in [2.45, 2.75) is 187 Å². The zero-order valence-electron chi connectivity index (χ0n) is 50.4. The fourth-order valence-corrected chi connectivity index (χ4v) is 16.5. The molecule has 7 aromatic carbocycles. The number of benzene rings is 7. The lowest BCUT2D eigenvalue weighted by Crippen LogP contribution is -2.61. The molecule has 8 aromatic rings. The predicted molar refractivity (Wildman–Crippen MR) is 342 cm³/mol. The van der Waals surface area contributed by atoms with Crippen LogP contribution in [-0.4, -0.2) is 13.8 Å². The van der Waals surface area contributed by atoms with Gasteiger partial charge in [-0.05, 0) is 210 Å². The summed E-state index contributed by atoms with van der Waals surface area (Å²) in [7, 11) is 1.79. The number of hydrogen-bond donors (Lipinski definition) is 0. The van der Waals surface area contributed by atoms with Crippen molar-refractivity contribution >= 4 is 78.0 Å². The summed E-state index contributed by atoms with van der Waals surface area (Å²) in [6.07, 6.45) is 7.80. The Bertz CT molecular complexity index is 3820. The predicted octanol–water partition coefficient (Wildman–Crippen LogP) is 18.6. The Morgan fingerprint density at radius 2 is 1.00 bits per heavy atom. The molecule has 0 N–H and O–H groups in total. The molecule has 0 amide bonds. The highest BCUT2D eigenvalue weighted by Gasteiger charge is 2.49. The number of fused-ring (bicyclic) bond motifs is 9. The third-order valence-electron chi connectivity index (χ3n) is 20.6. The van der Waals surface area contributed by atoms with Crippen LogP contribution in [-0.2, 0) is 44.3 Å². The smallest absolute Gasteiger partial charge is 0.264 e. The molecule has 0 saturated carbocycles. The number of rotatable bonds is 6. The number of para-hydroxylation sites is 1. The maximum atomic E-state index is 6.06. The molecule has 0 atom stereocenters. The molecule has 0 bridgehead atoms. The Labute approximate surface area is 477 Å². The van der Waals surface area contributed by atoms with Gasteiger partial charge < -0.3 is 14.5 Å². The van der Waals surface area contributed by atoms with Crippen LogP contribution in [0.4, 0.5) is 34.1 Å². The molecule has 0 radical (unpaired) electrons. The molecule has 13 rings (SSSR count). The summed E-state index contributed by atoms with van der Waals surface area (Å²) < 4.78 is 8.92. The van der Waals surface area contributed by atoms with Crippen molar-refractivity contribution in [2.75, 3.05) is 16.9 Å². The summed E-state index contributed by atoms with van der Waals surface area (Å²) in [5, 5.41) is 1.38. The van der Waals surface area contributed by atoms with Crippen LogP contribution in [0.2, 0.25) is 0 Å². The number of nitrogens with zero attached hydrogens (tertiary/aromatic N) is 2. The summed E-state index contributed by atoms with van der Waals surface area (Å²) in [4.78, 5) is 5.48. The van der Waals surface area contributed by atoms with Gasteiger partial charge in [-0.3, -0.25) is 0 Å². The minimum Gasteiger partial charge on any atom is -0.496 e. The van der Waals surface area contributed by atoms with E-state index in [9.17, 15) is 0 Å². The van der Waals surface area contributed by atoms with Gasteiger partial charge in [0, 0.05) is 48.9 Å². The highest BCUT2D eigenvalue weighted by Crippen LogP contribution is 2.56. The van der Waals surface area contributed by atoms with Crippen LogP contribution in [0, 0.1) is 0 Å². The van der Waals surface area contributed by atoms with E-state index in [1.165, 1.54) is 141 Å². The molecule has 0 spiro atoms. The molecule has 3 nitrogen and oxygen atoms in total. The van der Waals surface area contributed by atoms with Gasteiger partial charge in [-0.2, -0.15) is 0 Å². The lowest BCUT2D eigenvalue weighted by molar-refractivity contribution is 0.332. The van der Waals surface area contributed by atoms with Crippen LogP contribution >= 0.6 is 11.3 Å². The van der Waals surface area contributed by atoms with Crippen molar-refractivity contribution in [1.29, 1.82) is 0 Å². The zero-order valence-corrected chi connectivity index (χ0v) is 51.2. The molecule has 0 fully saturated rings. The topological polar surface area (TPSA) is 15.7 Å². The normalized spacial score (nSPS) is 19.4. The van der Waals surface area contributed by atoms with Crippen molar-refractivity contribution < 1.29 is 4.74 Å².